The average Bonchev–Trinajstić information content (AvgIpc) is 3.86. The first-order valence-corrected chi connectivity index (χ1v) is 20.0. The van der Waals surface area contributed by atoms with E-state index in [1.807, 2.05) is 0 Å². The van der Waals surface area contributed by atoms with E-state index in [0.29, 0.717) is 0 Å². The van der Waals surface area contributed by atoms with Crippen LogP contribution in [0.3, 0.4) is 0 Å². The third kappa shape index (κ3) is 4.99. The zero-order chi connectivity index (χ0) is 38.2. The average molecular weight is 737 g/mol. The van der Waals surface area contributed by atoms with E-state index in [0.717, 1.165) is 11.4 Å². The first-order chi connectivity index (χ1) is 28.8. The summed E-state index contributed by atoms with van der Waals surface area (Å²) in [6.07, 6.45) is 0. The highest BCUT2D eigenvalue weighted by molar-refractivity contribution is 6.26. The normalized spacial score (nSPS) is 11.8. The van der Waals surface area contributed by atoms with Crippen molar-refractivity contribution >= 4 is 65.0 Å². The van der Waals surface area contributed by atoms with Gasteiger partial charge in [0.1, 0.15) is 0 Å². The highest BCUT2D eigenvalue weighted by Crippen LogP contribution is 2.43. The van der Waals surface area contributed by atoms with E-state index in [2.05, 4.69) is 228 Å². The fourth-order valence-electron chi connectivity index (χ4n) is 9.45. The van der Waals surface area contributed by atoms with Gasteiger partial charge in [-0.3, -0.25) is 0 Å². The van der Waals surface area contributed by atoms with Crippen LogP contribution in [-0.2, 0) is 0 Å². The van der Waals surface area contributed by atoms with Gasteiger partial charge in [-0.1, -0.05) is 170 Å². The van der Waals surface area contributed by atoms with E-state index >= 15 is 0 Å². The summed E-state index contributed by atoms with van der Waals surface area (Å²) in [5.41, 5.74) is 13.1. The molecule has 0 atom stereocenters. The van der Waals surface area contributed by atoms with E-state index in [1.54, 1.807) is 0 Å². The number of hydrogen-bond donors (Lipinski definition) is 0. The van der Waals surface area contributed by atoms with Gasteiger partial charge >= 0.3 is 0 Å². The van der Waals surface area contributed by atoms with Crippen LogP contribution in [0.2, 0.25) is 0 Å². The number of benzene rings is 10. The van der Waals surface area contributed by atoms with Gasteiger partial charge in [0.15, 0.2) is 0 Å². The first kappa shape index (κ1) is 32.6. The van der Waals surface area contributed by atoms with Gasteiger partial charge in [0.05, 0.1) is 22.2 Å². The lowest BCUT2D eigenvalue weighted by molar-refractivity contribution is 1.12. The summed E-state index contributed by atoms with van der Waals surface area (Å²) in [6, 6.07) is 80.0. The Labute approximate surface area is 336 Å². The summed E-state index contributed by atoms with van der Waals surface area (Å²) in [6.45, 7) is 0. The molecule has 0 N–H and O–H groups in total. The molecule has 0 saturated carbocycles. The SMILES string of the molecule is c1ccc(-c2ccc3c4ccc(-c5cccc(-n6c7ccccc7c7ccc8cc(-c9ccccc9)n(-c9ccccc9)c8c76)c5)cc4c4ccccc4c3c2)cc1. The van der Waals surface area contributed by atoms with Gasteiger partial charge in [-0.2, -0.15) is 0 Å². The lowest BCUT2D eigenvalue weighted by atomic mass is 9.90. The number of aromatic nitrogens is 2. The zero-order valence-electron chi connectivity index (χ0n) is 31.7. The van der Waals surface area contributed by atoms with E-state index in [-0.39, 0.29) is 0 Å². The molecule has 0 aliphatic carbocycles. The topological polar surface area (TPSA) is 9.86 Å². The number of nitrogens with zero attached hydrogens (tertiary/aromatic N) is 2. The molecule has 0 saturated heterocycles. The molecule has 0 aliphatic heterocycles. The zero-order valence-corrected chi connectivity index (χ0v) is 31.7. The second-order valence-corrected chi connectivity index (χ2v) is 15.3. The molecule has 12 rings (SSSR count). The molecule has 10 aromatic carbocycles. The molecule has 2 aromatic heterocycles. The van der Waals surface area contributed by atoms with E-state index in [1.165, 1.54) is 98.5 Å². The molecule has 58 heavy (non-hydrogen) atoms. The summed E-state index contributed by atoms with van der Waals surface area (Å²) in [4.78, 5) is 0. The van der Waals surface area contributed by atoms with E-state index in [9.17, 15) is 0 Å². The van der Waals surface area contributed by atoms with Crippen molar-refractivity contribution in [3.05, 3.63) is 218 Å². The molecule has 2 heteroatoms. The Kier molecular flexibility index (Phi) is 7.26. The maximum Gasteiger partial charge on any atom is 0.0788 e. The maximum absolute atomic E-state index is 2.49. The summed E-state index contributed by atoms with van der Waals surface area (Å²) in [7, 11) is 0. The minimum Gasteiger partial charge on any atom is -0.307 e. The van der Waals surface area contributed by atoms with Crippen LogP contribution < -0.4 is 0 Å². The molecule has 0 amide bonds. The van der Waals surface area contributed by atoms with Crippen molar-refractivity contribution in [3.63, 3.8) is 0 Å². The lowest BCUT2D eigenvalue weighted by Crippen LogP contribution is -2.00. The monoisotopic (exact) mass is 736 g/mol. The molecule has 2 nitrogen and oxygen atoms in total. The standard InChI is InChI=1S/C56H36N2/c1-4-15-37(16-5-1)40-27-30-47-48-31-28-41(35-52(48)46-24-11-10-23-45(46)51(47)34-40)39-19-14-22-44(33-39)58-53-26-13-12-25-49(53)50-32-29-42-36-54(38-17-6-2-7-18-38)57(55(42)56(50)58)43-20-8-3-9-21-43/h1-36H. The van der Waals surface area contributed by atoms with Crippen LogP contribution in [0.25, 0.3) is 110 Å². The van der Waals surface area contributed by atoms with Crippen molar-refractivity contribution in [2.24, 2.45) is 0 Å². The van der Waals surface area contributed by atoms with Gasteiger partial charge in [0, 0.05) is 27.5 Å². The summed E-state index contributed by atoms with van der Waals surface area (Å²) in [5.74, 6) is 0. The van der Waals surface area contributed by atoms with Crippen molar-refractivity contribution in [2.75, 3.05) is 0 Å². The lowest BCUT2D eigenvalue weighted by Gasteiger charge is -2.15. The molecule has 0 bridgehead atoms. The third-order valence-corrected chi connectivity index (χ3v) is 12.1. The number of para-hydroxylation sites is 2. The van der Waals surface area contributed by atoms with Crippen LogP contribution in [0.1, 0.15) is 0 Å². The Morgan fingerprint density at radius 2 is 0.741 bits per heavy atom. The van der Waals surface area contributed by atoms with Gasteiger partial charge in [0.2, 0.25) is 0 Å². The highest BCUT2D eigenvalue weighted by Gasteiger charge is 2.21. The Bertz CT molecular complexity index is 3520. The van der Waals surface area contributed by atoms with Crippen LogP contribution in [0.15, 0.2) is 218 Å². The number of fused-ring (bicyclic) bond motifs is 11. The second kappa shape index (κ2) is 12.9. The second-order valence-electron chi connectivity index (χ2n) is 15.3. The molecule has 0 spiro atoms. The Balaban J connectivity index is 1.09. The summed E-state index contributed by atoms with van der Waals surface area (Å²) >= 11 is 0. The molecule has 270 valence electrons. The van der Waals surface area contributed by atoms with Gasteiger partial charge in [-0.25, -0.2) is 0 Å². The van der Waals surface area contributed by atoms with Gasteiger partial charge in [-0.05, 0) is 109 Å². The predicted octanol–water partition coefficient (Wildman–Crippen LogP) is 15.2. The highest BCUT2D eigenvalue weighted by atomic mass is 15.0. The van der Waals surface area contributed by atoms with Crippen LogP contribution in [0.4, 0.5) is 0 Å². The van der Waals surface area contributed by atoms with E-state index in [4.69, 9.17) is 0 Å². The van der Waals surface area contributed by atoms with E-state index < -0.39 is 0 Å². The van der Waals surface area contributed by atoms with Crippen LogP contribution >= 0.6 is 0 Å². The Morgan fingerprint density at radius 1 is 0.241 bits per heavy atom. The molecule has 2 heterocycles. The Hall–Kier alpha value is -7.68. The fourth-order valence-corrected chi connectivity index (χ4v) is 9.45. The molecule has 12 aromatic rings. The minimum atomic E-state index is 1.13. The predicted molar refractivity (Wildman–Crippen MR) is 246 cm³/mol. The van der Waals surface area contributed by atoms with Crippen molar-refractivity contribution in [2.45, 2.75) is 0 Å². The van der Waals surface area contributed by atoms with Crippen molar-refractivity contribution in [3.8, 4) is 44.9 Å². The van der Waals surface area contributed by atoms with Crippen molar-refractivity contribution < 1.29 is 0 Å². The quantitative estimate of drug-likeness (QED) is 0.156. The molecule has 0 aliphatic rings. The van der Waals surface area contributed by atoms with Gasteiger partial charge in [0.25, 0.3) is 0 Å². The van der Waals surface area contributed by atoms with Crippen molar-refractivity contribution in [1.82, 2.24) is 9.13 Å². The third-order valence-electron chi connectivity index (χ3n) is 12.1. The fraction of sp³-hybridized carbons (Fsp3) is 0. The molecule has 0 unspecified atom stereocenters. The molecule has 0 radical (unpaired) electrons. The van der Waals surface area contributed by atoms with Gasteiger partial charge in [-0.15, -0.1) is 0 Å². The molecule has 0 fully saturated rings. The number of rotatable bonds is 5. The van der Waals surface area contributed by atoms with Crippen LogP contribution in [0, 0.1) is 0 Å². The smallest absolute Gasteiger partial charge is 0.0788 e. The van der Waals surface area contributed by atoms with Crippen LogP contribution in [-0.4, -0.2) is 9.13 Å². The first-order valence-electron chi connectivity index (χ1n) is 20.0. The summed E-state index contributed by atoms with van der Waals surface area (Å²) < 4.78 is 4.94. The van der Waals surface area contributed by atoms with Gasteiger partial charge < -0.3 is 9.13 Å². The molecular weight excluding hydrogens is 701 g/mol. The minimum absolute atomic E-state index is 1.13. The maximum atomic E-state index is 2.49. The largest absolute Gasteiger partial charge is 0.307 e. The summed E-state index contributed by atoms with van der Waals surface area (Å²) in [5, 5.41) is 11.3. The van der Waals surface area contributed by atoms with Crippen LogP contribution in [0.5, 0.6) is 0 Å². The Morgan fingerprint density at radius 3 is 1.43 bits per heavy atom. The molecular formula is C56H36N2. The number of hydrogen-bond acceptors (Lipinski definition) is 0. The van der Waals surface area contributed by atoms with Crippen molar-refractivity contribution in [1.29, 1.82) is 0 Å².